The lowest BCUT2D eigenvalue weighted by molar-refractivity contribution is -0.138. The summed E-state index contributed by atoms with van der Waals surface area (Å²) >= 11 is 18.6. The van der Waals surface area contributed by atoms with Gasteiger partial charge < -0.3 is 15.3 Å². The molecule has 12 heteroatoms. The second-order valence-electron chi connectivity index (χ2n) is 7.91. The fraction of sp³-hybridized carbons (Fsp3) is 0.200. The first kappa shape index (κ1) is 30.6. The molecule has 0 saturated carbocycles. The molecular weight excluding hydrogens is 563 g/mol. The molecule has 0 aromatic heterocycles. The summed E-state index contributed by atoms with van der Waals surface area (Å²) in [7, 11) is -2.05. The predicted octanol–water partition coefficient (Wildman–Crippen LogP) is 4.90. The van der Waals surface area contributed by atoms with Crippen molar-refractivity contribution in [2.45, 2.75) is 23.8 Å². The third kappa shape index (κ3) is 8.99. The van der Waals surface area contributed by atoms with Crippen molar-refractivity contribution in [3.8, 4) is 0 Å². The third-order valence-electron chi connectivity index (χ3n) is 5.12. The van der Waals surface area contributed by atoms with Crippen LogP contribution in [0.15, 0.2) is 65.6 Å². The van der Waals surface area contributed by atoms with E-state index in [-0.39, 0.29) is 39.0 Å². The average Bonchev–Trinajstić information content (AvgIpc) is 2.82. The van der Waals surface area contributed by atoms with Gasteiger partial charge in [-0.25, -0.2) is 14.3 Å². The van der Waals surface area contributed by atoms with Gasteiger partial charge in [-0.05, 0) is 53.9 Å². The van der Waals surface area contributed by atoms with Crippen LogP contribution in [-0.2, 0) is 32.4 Å². The van der Waals surface area contributed by atoms with Crippen LogP contribution in [0, 0.1) is 0 Å². The Bertz CT molecular complexity index is 1340. The van der Waals surface area contributed by atoms with Crippen LogP contribution in [0.2, 0.25) is 15.1 Å². The van der Waals surface area contributed by atoms with E-state index in [9.17, 15) is 23.1 Å². The summed E-state index contributed by atoms with van der Waals surface area (Å²) in [4.78, 5) is 28.5. The Morgan fingerprint density at radius 2 is 1.57 bits per heavy atom. The first-order valence-electron chi connectivity index (χ1n) is 10.6. The fourth-order valence-corrected chi connectivity index (χ4v) is 4.95. The molecule has 4 N–H and O–H groups in total. The molecule has 1 atom stereocenters. The van der Waals surface area contributed by atoms with E-state index in [4.69, 9.17) is 34.8 Å². The van der Waals surface area contributed by atoms with Crippen LogP contribution >= 0.6 is 34.8 Å². The second kappa shape index (κ2) is 13.8. The highest BCUT2D eigenvalue weighted by Crippen LogP contribution is 2.35. The van der Waals surface area contributed by atoms with E-state index in [1.165, 1.54) is 31.4 Å². The average molecular weight is 588 g/mol. The van der Waals surface area contributed by atoms with E-state index in [2.05, 4.69) is 16.1 Å². The number of sulfone groups is 1. The van der Waals surface area contributed by atoms with Crippen molar-refractivity contribution in [1.29, 1.82) is 0 Å². The van der Waals surface area contributed by atoms with Gasteiger partial charge >= 0.3 is 5.97 Å². The number of carboxylic acids is 1. The summed E-state index contributed by atoms with van der Waals surface area (Å²) < 4.78 is 23.7. The number of aliphatic carboxylic acids is 1. The van der Waals surface area contributed by atoms with Crippen LogP contribution in [-0.4, -0.2) is 38.8 Å². The first-order chi connectivity index (χ1) is 17.4. The van der Waals surface area contributed by atoms with Gasteiger partial charge in [0.05, 0.1) is 17.9 Å². The predicted molar refractivity (Wildman–Crippen MR) is 144 cm³/mol. The molecule has 0 aliphatic heterocycles. The van der Waals surface area contributed by atoms with Gasteiger partial charge in [0.15, 0.2) is 9.84 Å². The smallest absolute Gasteiger partial charge is 0.311 e. The number of nitrogens with two attached hydrogens (primary N) is 1. The lowest BCUT2D eigenvalue weighted by atomic mass is 9.91. The van der Waals surface area contributed by atoms with Crippen molar-refractivity contribution in [2.24, 2.45) is 5.90 Å². The van der Waals surface area contributed by atoms with Gasteiger partial charge in [0.2, 0.25) is 0 Å². The zero-order valence-electron chi connectivity index (χ0n) is 19.9. The molecule has 0 unspecified atom stereocenters. The summed E-state index contributed by atoms with van der Waals surface area (Å²) in [5.74, 6) is 1.58. The third-order valence-corrected chi connectivity index (χ3v) is 7.11. The number of carboxylic acid groups (broad SMARTS) is 1. The minimum absolute atomic E-state index is 0.0239. The lowest BCUT2D eigenvalue weighted by Gasteiger charge is -2.18. The zero-order valence-corrected chi connectivity index (χ0v) is 23.0. The van der Waals surface area contributed by atoms with Gasteiger partial charge in [0, 0.05) is 39.0 Å². The van der Waals surface area contributed by atoms with Crippen molar-refractivity contribution in [2.75, 3.05) is 13.4 Å². The number of rotatable bonds is 8. The molecule has 3 aromatic carbocycles. The molecule has 0 aliphatic carbocycles. The Morgan fingerprint density at radius 1 is 1.00 bits per heavy atom. The monoisotopic (exact) mass is 586 g/mol. The molecule has 1 amide bonds. The van der Waals surface area contributed by atoms with Crippen LogP contribution < -0.4 is 11.2 Å². The van der Waals surface area contributed by atoms with Crippen LogP contribution in [0.4, 0.5) is 0 Å². The molecule has 0 bridgehead atoms. The number of nitrogens with one attached hydrogen (secondary N) is 1. The maximum atomic E-state index is 12.6. The minimum atomic E-state index is -3.46. The van der Waals surface area contributed by atoms with Gasteiger partial charge in [-0.3, -0.25) is 9.59 Å². The van der Waals surface area contributed by atoms with E-state index < -0.39 is 27.6 Å². The van der Waals surface area contributed by atoms with Gasteiger partial charge in [-0.2, -0.15) is 0 Å². The molecule has 0 fully saturated rings. The minimum Gasteiger partial charge on any atom is -0.481 e. The maximum Gasteiger partial charge on any atom is 0.311 e. The summed E-state index contributed by atoms with van der Waals surface area (Å²) in [6.07, 6.45) is 1.03. The fourth-order valence-electron chi connectivity index (χ4n) is 3.39. The van der Waals surface area contributed by atoms with Gasteiger partial charge in [0.25, 0.3) is 5.91 Å². The Balaban J connectivity index is 0.00000153. The highest BCUT2D eigenvalue weighted by molar-refractivity contribution is 7.90. The van der Waals surface area contributed by atoms with Crippen molar-refractivity contribution in [1.82, 2.24) is 5.32 Å². The summed E-state index contributed by atoms with van der Waals surface area (Å²) in [5, 5.41) is 13.2. The molecule has 198 valence electrons. The number of hydrogen-bond donors (Lipinski definition) is 3. The maximum absolute atomic E-state index is 12.6. The molecular formula is C25H25Cl3N2O6S. The van der Waals surface area contributed by atoms with Crippen LogP contribution in [0.25, 0.3) is 0 Å². The van der Waals surface area contributed by atoms with Crippen molar-refractivity contribution in [3.63, 3.8) is 0 Å². The molecule has 37 heavy (non-hydrogen) atoms. The number of hydrogen-bond acceptors (Lipinski definition) is 6. The SMILES string of the molecule is CON.CS(=O)(=O)c1cccc(C[C@@H](C(=O)O)c2c(Cl)cc(C(=O)NCc3ccc(Cl)cc3)cc2Cl)c1. The second-order valence-corrected chi connectivity index (χ2v) is 11.2. The van der Waals surface area contributed by atoms with E-state index in [1.54, 1.807) is 36.4 Å². The number of carbonyl (C=O) groups excluding carboxylic acids is 1. The Labute approximate surface area is 230 Å². The Hall–Kier alpha value is -2.66. The normalized spacial score (nSPS) is 11.7. The molecule has 0 radical (unpaired) electrons. The molecule has 0 aliphatic rings. The van der Waals surface area contributed by atoms with E-state index in [0.717, 1.165) is 11.8 Å². The molecule has 8 nitrogen and oxygen atoms in total. The molecule has 3 rings (SSSR count). The van der Waals surface area contributed by atoms with Gasteiger partial charge in [0.1, 0.15) is 0 Å². The summed E-state index contributed by atoms with van der Waals surface area (Å²) in [6, 6.07) is 15.7. The van der Waals surface area contributed by atoms with Crippen LogP contribution in [0.1, 0.15) is 33.0 Å². The Kier molecular flexibility index (Phi) is 11.4. The number of benzene rings is 3. The lowest BCUT2D eigenvalue weighted by Crippen LogP contribution is -2.23. The van der Waals surface area contributed by atoms with Crippen molar-refractivity contribution in [3.05, 3.63) is 98.0 Å². The zero-order chi connectivity index (χ0) is 27.8. The van der Waals surface area contributed by atoms with Crippen molar-refractivity contribution >= 4 is 56.5 Å². The highest BCUT2D eigenvalue weighted by atomic mass is 35.5. The molecule has 3 aromatic rings. The molecule has 0 spiro atoms. The number of amides is 1. The van der Waals surface area contributed by atoms with Crippen LogP contribution in [0.3, 0.4) is 0 Å². The number of halogens is 3. The van der Waals surface area contributed by atoms with Crippen LogP contribution in [0.5, 0.6) is 0 Å². The topological polar surface area (TPSA) is 136 Å². The van der Waals surface area contributed by atoms with Gasteiger partial charge in [-0.15, -0.1) is 0 Å². The van der Waals surface area contributed by atoms with Gasteiger partial charge in [-0.1, -0.05) is 59.1 Å². The largest absolute Gasteiger partial charge is 0.481 e. The van der Waals surface area contributed by atoms with E-state index in [1.807, 2.05) is 0 Å². The van der Waals surface area contributed by atoms with Crippen molar-refractivity contribution < 1.29 is 28.0 Å². The number of carbonyl (C=O) groups is 2. The highest BCUT2D eigenvalue weighted by Gasteiger charge is 2.27. The van der Waals surface area contributed by atoms with E-state index >= 15 is 0 Å². The summed E-state index contributed by atoms with van der Waals surface area (Å²) in [5.41, 5.74) is 1.66. The quantitative estimate of drug-likeness (QED) is 0.319. The van der Waals surface area contributed by atoms with E-state index in [0.29, 0.717) is 10.6 Å². The first-order valence-corrected chi connectivity index (χ1v) is 13.7. The molecule has 0 saturated heterocycles. The Morgan fingerprint density at radius 3 is 2.08 bits per heavy atom. The summed E-state index contributed by atoms with van der Waals surface area (Å²) in [6.45, 7) is 0.251. The molecule has 0 heterocycles. The standard InChI is InChI=1S/C24H20Cl3NO5S.CH5NO/c1-34(32,33)18-4-2-3-15(9-18)10-19(24(30)31)22-20(26)11-16(12-21(22)27)23(29)28-13-14-5-7-17(25)8-6-14;1-3-2/h2-9,11-12,19H,10,13H2,1H3,(H,28,29)(H,30,31);2H2,1H3/t19-;/m1./s1.